The Hall–Kier alpha value is -3.76. The van der Waals surface area contributed by atoms with Crippen molar-refractivity contribution in [2.75, 3.05) is 62.0 Å². The molecular formula is C31H40N8O2. The van der Waals surface area contributed by atoms with E-state index in [0.717, 1.165) is 37.2 Å². The number of anilines is 4. The monoisotopic (exact) mass is 556 g/mol. The van der Waals surface area contributed by atoms with Gasteiger partial charge in [-0.1, -0.05) is 0 Å². The van der Waals surface area contributed by atoms with E-state index in [0.29, 0.717) is 36.0 Å². The van der Waals surface area contributed by atoms with Gasteiger partial charge in [0.1, 0.15) is 5.69 Å². The number of likely N-dealkylation sites (tertiary alicyclic amines) is 1. The minimum absolute atomic E-state index is 0.0953. The van der Waals surface area contributed by atoms with Gasteiger partial charge in [0, 0.05) is 61.7 Å². The zero-order valence-electron chi connectivity index (χ0n) is 23.8. The minimum atomic E-state index is -0.638. The van der Waals surface area contributed by atoms with Gasteiger partial charge < -0.3 is 30.9 Å². The molecule has 3 aliphatic heterocycles. The van der Waals surface area contributed by atoms with E-state index in [9.17, 15) is 4.79 Å². The molecule has 1 amide bonds. The van der Waals surface area contributed by atoms with Gasteiger partial charge in [-0.2, -0.15) is 0 Å². The highest BCUT2D eigenvalue weighted by molar-refractivity contribution is 5.97. The number of aromatic nitrogens is 3. The average Bonchev–Trinajstić information content (AvgIpc) is 3.01. The maximum atomic E-state index is 12.5. The Morgan fingerprint density at radius 3 is 2.24 bits per heavy atom. The van der Waals surface area contributed by atoms with Crippen LogP contribution in [0, 0.1) is 5.41 Å². The summed E-state index contributed by atoms with van der Waals surface area (Å²) in [5.41, 5.74) is 9.83. The molecule has 216 valence electrons. The fourth-order valence-corrected chi connectivity index (χ4v) is 6.27. The zero-order valence-corrected chi connectivity index (χ0v) is 23.8. The van der Waals surface area contributed by atoms with Crippen LogP contribution in [0.5, 0.6) is 0 Å². The number of primary amides is 1. The third-order valence-corrected chi connectivity index (χ3v) is 9.01. The Kier molecular flexibility index (Phi) is 8.02. The van der Waals surface area contributed by atoms with E-state index < -0.39 is 5.91 Å². The summed E-state index contributed by atoms with van der Waals surface area (Å²) in [6.45, 7) is 6.00. The molecule has 5 heterocycles. The lowest BCUT2D eigenvalue weighted by atomic mass is 9.71. The lowest BCUT2D eigenvalue weighted by Crippen LogP contribution is -2.46. The Balaban J connectivity index is 1.21. The number of rotatable bonds is 7. The first-order valence-corrected chi connectivity index (χ1v) is 14.8. The Morgan fingerprint density at radius 2 is 1.59 bits per heavy atom. The van der Waals surface area contributed by atoms with Crippen LogP contribution in [-0.4, -0.2) is 78.2 Å². The Bertz CT molecular complexity index is 1330. The Labute approximate surface area is 241 Å². The number of nitrogens with zero attached hydrogens (tertiary/aromatic N) is 5. The number of carbonyl (C=O) groups excluding carboxylic acids is 1. The number of hydrogen-bond donors (Lipinski definition) is 3. The van der Waals surface area contributed by atoms with Gasteiger partial charge in [0.05, 0.1) is 0 Å². The van der Waals surface area contributed by atoms with Crippen molar-refractivity contribution in [3.8, 4) is 11.3 Å². The molecule has 4 N–H and O–H groups in total. The van der Waals surface area contributed by atoms with Crippen LogP contribution in [0.3, 0.4) is 0 Å². The van der Waals surface area contributed by atoms with E-state index in [4.69, 9.17) is 20.4 Å². The summed E-state index contributed by atoms with van der Waals surface area (Å²) < 4.78 is 5.53. The third kappa shape index (κ3) is 6.28. The van der Waals surface area contributed by atoms with Crippen LogP contribution in [0.4, 0.5) is 23.0 Å². The molecule has 0 aliphatic carbocycles. The fraction of sp³-hybridized carbons (Fsp3) is 0.484. The van der Waals surface area contributed by atoms with Crippen molar-refractivity contribution in [2.45, 2.75) is 44.6 Å². The number of pyridine rings is 1. The zero-order chi connectivity index (χ0) is 28.2. The fourth-order valence-electron chi connectivity index (χ4n) is 6.27. The summed E-state index contributed by atoms with van der Waals surface area (Å²) in [6, 6.07) is 12.2. The summed E-state index contributed by atoms with van der Waals surface area (Å²) >= 11 is 0. The quantitative estimate of drug-likeness (QED) is 0.391. The molecule has 1 spiro atoms. The first-order valence-electron chi connectivity index (χ1n) is 14.8. The Morgan fingerprint density at radius 1 is 0.927 bits per heavy atom. The molecule has 2 aromatic heterocycles. The predicted molar refractivity (Wildman–Crippen MR) is 162 cm³/mol. The normalized spacial score (nSPS) is 19.7. The summed E-state index contributed by atoms with van der Waals surface area (Å²) in [6.07, 6.45) is 10.3. The number of piperidine rings is 2. The van der Waals surface area contributed by atoms with Crippen LogP contribution < -0.4 is 21.3 Å². The molecule has 3 aliphatic rings. The number of carbonyl (C=O) groups is 1. The van der Waals surface area contributed by atoms with Crippen LogP contribution in [-0.2, 0) is 4.74 Å². The summed E-state index contributed by atoms with van der Waals surface area (Å²) in [4.78, 5) is 31.2. The highest BCUT2D eigenvalue weighted by Crippen LogP contribution is 2.42. The minimum Gasteiger partial charge on any atom is -0.381 e. The molecule has 0 atom stereocenters. The van der Waals surface area contributed by atoms with E-state index >= 15 is 0 Å². The van der Waals surface area contributed by atoms with Gasteiger partial charge in [0.15, 0.2) is 17.3 Å². The van der Waals surface area contributed by atoms with Gasteiger partial charge in [0.25, 0.3) is 5.91 Å². The molecule has 3 saturated heterocycles. The average molecular weight is 557 g/mol. The molecule has 3 aromatic rings. The van der Waals surface area contributed by atoms with Crippen LogP contribution in [0.15, 0.2) is 48.8 Å². The smallest absolute Gasteiger partial charge is 0.271 e. The highest BCUT2D eigenvalue weighted by Gasteiger charge is 2.36. The second kappa shape index (κ2) is 12.0. The predicted octanol–water partition coefficient (Wildman–Crippen LogP) is 4.28. The van der Waals surface area contributed by atoms with Crippen molar-refractivity contribution in [1.82, 2.24) is 19.9 Å². The van der Waals surface area contributed by atoms with E-state index in [2.05, 4.69) is 44.6 Å². The molecule has 0 radical (unpaired) electrons. The van der Waals surface area contributed by atoms with E-state index in [1.165, 1.54) is 44.5 Å². The number of nitrogens with two attached hydrogens (primary N) is 1. The van der Waals surface area contributed by atoms with Gasteiger partial charge in [-0.25, -0.2) is 9.97 Å². The maximum Gasteiger partial charge on any atom is 0.271 e. The van der Waals surface area contributed by atoms with Crippen molar-refractivity contribution < 1.29 is 9.53 Å². The lowest BCUT2D eigenvalue weighted by Gasteiger charge is -2.46. The van der Waals surface area contributed by atoms with E-state index in [1.54, 1.807) is 12.4 Å². The first-order chi connectivity index (χ1) is 20.0. The van der Waals surface area contributed by atoms with Crippen LogP contribution >= 0.6 is 0 Å². The first kappa shape index (κ1) is 27.4. The van der Waals surface area contributed by atoms with Crippen molar-refractivity contribution in [3.63, 3.8) is 0 Å². The van der Waals surface area contributed by atoms with Gasteiger partial charge >= 0.3 is 0 Å². The summed E-state index contributed by atoms with van der Waals surface area (Å²) in [7, 11) is 2.23. The highest BCUT2D eigenvalue weighted by atomic mass is 16.5. The van der Waals surface area contributed by atoms with Crippen LogP contribution in [0.25, 0.3) is 11.3 Å². The topological polar surface area (TPSA) is 122 Å². The molecular weight excluding hydrogens is 516 g/mol. The van der Waals surface area contributed by atoms with Crippen LogP contribution in [0.2, 0.25) is 0 Å². The number of hydrogen-bond acceptors (Lipinski definition) is 9. The molecule has 6 rings (SSSR count). The molecule has 0 unspecified atom stereocenters. The van der Waals surface area contributed by atoms with Crippen LogP contribution in [0.1, 0.15) is 49.0 Å². The number of ether oxygens (including phenoxy) is 1. The second-order valence-corrected chi connectivity index (χ2v) is 11.7. The number of amides is 1. The van der Waals surface area contributed by atoms with Gasteiger partial charge in [-0.3, -0.25) is 9.78 Å². The van der Waals surface area contributed by atoms with Crippen molar-refractivity contribution in [3.05, 3.63) is 54.5 Å². The standard InChI is InChI=1S/C31H40N8O2/c1-38-16-10-31(11-17-38)12-18-39(19-13-31)25-4-2-23(3-5-25)34-30-27(28(32)40)36-26(22-6-14-33-15-7-22)29(37-30)35-24-8-20-41-21-9-24/h2-7,14-15,24H,8-13,16-21H2,1H3,(H2,32,40)(H2,34,35,37). The van der Waals surface area contributed by atoms with Crippen molar-refractivity contribution in [1.29, 1.82) is 0 Å². The molecule has 10 heteroatoms. The largest absolute Gasteiger partial charge is 0.381 e. The molecule has 3 fully saturated rings. The molecule has 0 bridgehead atoms. The maximum absolute atomic E-state index is 12.5. The van der Waals surface area contributed by atoms with Gasteiger partial charge in [-0.15, -0.1) is 0 Å². The second-order valence-electron chi connectivity index (χ2n) is 11.7. The summed E-state index contributed by atoms with van der Waals surface area (Å²) in [5.74, 6) is 0.295. The number of nitrogens with one attached hydrogen (secondary N) is 2. The molecule has 41 heavy (non-hydrogen) atoms. The number of benzene rings is 1. The molecule has 10 nitrogen and oxygen atoms in total. The summed E-state index contributed by atoms with van der Waals surface area (Å²) in [5, 5.41) is 6.86. The molecule has 0 saturated carbocycles. The van der Waals surface area contributed by atoms with Gasteiger partial charge in [-0.05, 0) is 100 Å². The van der Waals surface area contributed by atoms with Gasteiger partial charge in [0.2, 0.25) is 0 Å². The SMILES string of the molecule is CN1CCC2(CC1)CCN(c1ccc(Nc3nc(NC4CCOCC4)c(-c4ccncc4)nc3C(N)=O)cc1)CC2. The van der Waals surface area contributed by atoms with E-state index in [1.807, 2.05) is 24.3 Å². The van der Waals surface area contributed by atoms with Crippen molar-refractivity contribution in [2.24, 2.45) is 11.1 Å². The third-order valence-electron chi connectivity index (χ3n) is 9.01. The lowest BCUT2D eigenvalue weighted by molar-refractivity contribution is 0.0904. The molecule has 1 aromatic carbocycles. The van der Waals surface area contributed by atoms with Crippen molar-refractivity contribution >= 4 is 28.9 Å². The van der Waals surface area contributed by atoms with E-state index in [-0.39, 0.29) is 11.7 Å².